The third-order valence-corrected chi connectivity index (χ3v) is 7.75. The van der Waals surface area contributed by atoms with Crippen molar-refractivity contribution in [3.05, 3.63) is 92.1 Å². The number of halogens is 1. The quantitative estimate of drug-likeness (QED) is 0.213. The van der Waals surface area contributed by atoms with E-state index >= 15 is 0 Å². The average Bonchev–Trinajstić information content (AvgIpc) is 3.10. The van der Waals surface area contributed by atoms with Crippen LogP contribution < -0.4 is 5.32 Å². The molecule has 1 amide bonds. The van der Waals surface area contributed by atoms with Gasteiger partial charge in [0, 0.05) is 21.6 Å². The number of benzene rings is 3. The number of hydrogen-bond donors (Lipinski definition) is 1. The van der Waals surface area contributed by atoms with Gasteiger partial charge in [0.1, 0.15) is 14.7 Å². The molecule has 0 spiro atoms. The zero-order valence-electron chi connectivity index (χ0n) is 19.5. The second kappa shape index (κ2) is 9.74. The Kier molecular flexibility index (Phi) is 6.96. The van der Waals surface area contributed by atoms with Gasteiger partial charge >= 0.3 is 6.09 Å². The fraction of sp³-hybridized carbons (Fsp3) is 0.250. The van der Waals surface area contributed by atoms with E-state index in [0.29, 0.717) is 13.2 Å². The van der Waals surface area contributed by atoms with Gasteiger partial charge in [-0.2, -0.15) is 0 Å². The first-order valence-corrected chi connectivity index (χ1v) is 15.7. The molecule has 5 heteroatoms. The number of carbonyl (C=O) groups is 1. The molecule has 0 heterocycles. The van der Waals surface area contributed by atoms with Crippen molar-refractivity contribution in [1.29, 1.82) is 0 Å². The van der Waals surface area contributed by atoms with E-state index in [1.165, 1.54) is 27.8 Å². The maximum Gasteiger partial charge on any atom is 0.407 e. The monoisotopic (exact) mass is 565 g/mol. The highest BCUT2D eigenvalue weighted by atomic mass is 127. The normalized spacial score (nSPS) is 12.4. The molecule has 33 heavy (non-hydrogen) atoms. The van der Waals surface area contributed by atoms with E-state index in [0.717, 1.165) is 14.7 Å². The lowest BCUT2D eigenvalue weighted by Crippen LogP contribution is -2.25. The third kappa shape index (κ3) is 5.51. The molecule has 3 aromatic carbocycles. The first-order valence-electron chi connectivity index (χ1n) is 11.1. The first kappa shape index (κ1) is 23.6. The summed E-state index contributed by atoms with van der Waals surface area (Å²) in [5.74, 6) is 3.43. The van der Waals surface area contributed by atoms with E-state index in [2.05, 4.69) is 114 Å². The summed E-state index contributed by atoms with van der Waals surface area (Å²) in [4.78, 5) is 12.5. The maximum atomic E-state index is 12.5. The number of carbonyl (C=O) groups excluding carboxylic acids is 1. The summed E-state index contributed by atoms with van der Waals surface area (Å²) in [5, 5.41) is 2.91. The summed E-state index contributed by atoms with van der Waals surface area (Å²) < 4.78 is 6.82. The van der Waals surface area contributed by atoms with Gasteiger partial charge < -0.3 is 10.1 Å². The molecule has 0 saturated carbocycles. The van der Waals surface area contributed by atoms with Crippen LogP contribution in [0.25, 0.3) is 11.1 Å². The fourth-order valence-electron chi connectivity index (χ4n) is 4.05. The van der Waals surface area contributed by atoms with Gasteiger partial charge in [-0.15, -0.1) is 5.54 Å². The van der Waals surface area contributed by atoms with Crippen LogP contribution in [0.4, 0.5) is 4.79 Å². The molecule has 1 N–H and O–H groups in total. The zero-order chi connectivity index (χ0) is 23.6. The lowest BCUT2D eigenvalue weighted by atomic mass is 9.98. The molecule has 1 aliphatic rings. The van der Waals surface area contributed by atoms with Crippen molar-refractivity contribution in [3.63, 3.8) is 0 Å². The van der Waals surface area contributed by atoms with Crippen LogP contribution in [0.3, 0.4) is 0 Å². The Hall–Kier alpha value is -2.56. The van der Waals surface area contributed by atoms with Crippen LogP contribution in [0.5, 0.6) is 0 Å². The van der Waals surface area contributed by atoms with Gasteiger partial charge in [0.25, 0.3) is 0 Å². The molecule has 0 atom stereocenters. The molecule has 3 aromatic rings. The molecule has 0 aromatic heterocycles. The summed E-state index contributed by atoms with van der Waals surface area (Å²) in [7, 11) is -1.46. The van der Waals surface area contributed by atoms with Gasteiger partial charge in [-0.3, -0.25) is 0 Å². The number of rotatable bonds is 4. The number of fused-ring (bicyclic) bond motifs is 3. The van der Waals surface area contributed by atoms with Crippen LogP contribution in [-0.2, 0) is 11.3 Å². The molecular formula is C28H28INO2Si. The van der Waals surface area contributed by atoms with Crippen LogP contribution in [0, 0.1) is 22.0 Å². The predicted octanol–water partition coefficient (Wildman–Crippen LogP) is 6.87. The highest BCUT2D eigenvalue weighted by molar-refractivity contribution is 14.1. The fourth-order valence-corrected chi connectivity index (χ4v) is 5.25. The zero-order valence-corrected chi connectivity index (χ0v) is 22.6. The Morgan fingerprint density at radius 1 is 1.03 bits per heavy atom. The molecule has 0 aliphatic heterocycles. The van der Waals surface area contributed by atoms with E-state index in [1.807, 2.05) is 12.1 Å². The molecule has 4 rings (SSSR count). The Balaban J connectivity index is 1.42. The second-order valence-corrected chi connectivity index (χ2v) is 15.3. The number of amides is 1. The van der Waals surface area contributed by atoms with Crippen molar-refractivity contribution >= 4 is 36.8 Å². The molecule has 0 bridgehead atoms. The molecule has 1 aliphatic carbocycles. The van der Waals surface area contributed by atoms with E-state index in [4.69, 9.17) is 4.74 Å². The Labute approximate surface area is 211 Å². The largest absolute Gasteiger partial charge is 0.449 e. The van der Waals surface area contributed by atoms with Crippen molar-refractivity contribution in [2.45, 2.75) is 39.0 Å². The molecule has 0 unspecified atom stereocenters. The summed E-state index contributed by atoms with van der Waals surface area (Å²) >= 11 is 2.34. The van der Waals surface area contributed by atoms with Gasteiger partial charge in [-0.05, 0) is 75.0 Å². The van der Waals surface area contributed by atoms with Gasteiger partial charge in [-0.1, -0.05) is 74.1 Å². The Bertz CT molecular complexity index is 1220. The Morgan fingerprint density at radius 2 is 1.64 bits per heavy atom. The minimum absolute atomic E-state index is 0.0620. The lowest BCUT2D eigenvalue weighted by molar-refractivity contribution is 0.142. The predicted molar refractivity (Wildman–Crippen MR) is 146 cm³/mol. The number of hydrogen-bond acceptors (Lipinski definition) is 2. The van der Waals surface area contributed by atoms with Gasteiger partial charge in [0.2, 0.25) is 0 Å². The van der Waals surface area contributed by atoms with Crippen molar-refractivity contribution < 1.29 is 9.53 Å². The maximum absolute atomic E-state index is 12.5. The number of nitrogens with one attached hydrogen (secondary N) is 1. The van der Waals surface area contributed by atoms with Gasteiger partial charge in [0.05, 0.1) is 0 Å². The van der Waals surface area contributed by atoms with Crippen molar-refractivity contribution in [1.82, 2.24) is 5.32 Å². The molecule has 3 nitrogen and oxygen atoms in total. The third-order valence-electron chi connectivity index (χ3n) is 5.76. The van der Waals surface area contributed by atoms with E-state index in [9.17, 15) is 4.79 Å². The summed E-state index contributed by atoms with van der Waals surface area (Å²) in [6.07, 6.45) is -0.401. The molecule has 0 saturated heterocycles. The minimum atomic E-state index is -1.46. The van der Waals surface area contributed by atoms with Crippen LogP contribution in [-0.4, -0.2) is 20.8 Å². The minimum Gasteiger partial charge on any atom is -0.449 e. The van der Waals surface area contributed by atoms with E-state index in [1.54, 1.807) is 0 Å². The van der Waals surface area contributed by atoms with Crippen molar-refractivity contribution in [2.75, 3.05) is 6.61 Å². The lowest BCUT2D eigenvalue weighted by Gasteiger charge is -2.15. The molecule has 168 valence electrons. The SMILES string of the molecule is Cc1c(I)cc(CNC(=O)OCC2c3ccccc3-c3ccccc32)cc1C#C[Si](C)(C)C. The summed E-state index contributed by atoms with van der Waals surface area (Å²) in [5.41, 5.74) is 11.6. The smallest absolute Gasteiger partial charge is 0.407 e. The first-order chi connectivity index (χ1) is 15.7. The summed E-state index contributed by atoms with van der Waals surface area (Å²) in [6, 6.07) is 20.9. The van der Waals surface area contributed by atoms with Crippen molar-refractivity contribution in [3.8, 4) is 22.6 Å². The van der Waals surface area contributed by atoms with E-state index < -0.39 is 14.2 Å². The standard InChI is InChI=1S/C28H28INO2Si/c1-19-21(13-14-33(2,3)4)15-20(16-27(19)29)17-30-28(31)32-18-26-24-11-7-5-9-22(24)23-10-6-8-12-25(23)26/h5-12,15-16,26H,17-18H2,1-4H3,(H,30,31). The van der Waals surface area contributed by atoms with E-state index in [-0.39, 0.29) is 5.92 Å². The highest BCUT2D eigenvalue weighted by Crippen LogP contribution is 2.44. The highest BCUT2D eigenvalue weighted by Gasteiger charge is 2.28. The Morgan fingerprint density at radius 3 is 2.24 bits per heavy atom. The molecular weight excluding hydrogens is 537 g/mol. The van der Waals surface area contributed by atoms with Crippen molar-refractivity contribution in [2.24, 2.45) is 0 Å². The number of ether oxygens (including phenoxy) is 1. The second-order valence-electron chi connectivity index (χ2n) is 9.43. The van der Waals surface area contributed by atoms with Crippen LogP contribution in [0.15, 0.2) is 60.7 Å². The van der Waals surface area contributed by atoms with Gasteiger partial charge in [0.15, 0.2) is 0 Å². The summed E-state index contributed by atoms with van der Waals surface area (Å²) in [6.45, 7) is 9.54. The van der Waals surface area contributed by atoms with Crippen LogP contribution in [0.1, 0.15) is 33.7 Å². The average molecular weight is 566 g/mol. The molecule has 0 fully saturated rings. The van der Waals surface area contributed by atoms with Crippen LogP contribution >= 0.6 is 22.6 Å². The van der Waals surface area contributed by atoms with Gasteiger partial charge in [-0.25, -0.2) is 4.79 Å². The van der Waals surface area contributed by atoms with Crippen LogP contribution in [0.2, 0.25) is 19.6 Å². The number of alkyl carbamates (subject to hydrolysis) is 1. The molecule has 0 radical (unpaired) electrons. The topological polar surface area (TPSA) is 38.3 Å².